The molecule has 1 unspecified atom stereocenters. The topological polar surface area (TPSA) is 15.3 Å². The van der Waals surface area contributed by atoms with Gasteiger partial charge in [-0.25, -0.2) is 0 Å². The first kappa shape index (κ1) is 14.7. The molecule has 116 valence electrons. The van der Waals surface area contributed by atoms with Crippen molar-refractivity contribution in [3.63, 3.8) is 0 Å². The highest BCUT2D eigenvalue weighted by Crippen LogP contribution is 2.35. The molecular formula is C16H21F3N2. The molecule has 1 aliphatic heterocycles. The zero-order chi connectivity index (χ0) is 15.0. The van der Waals surface area contributed by atoms with E-state index in [4.69, 9.17) is 0 Å². The number of aryl methyl sites for hydroxylation is 1. The van der Waals surface area contributed by atoms with Crippen LogP contribution in [0.15, 0.2) is 18.2 Å². The molecule has 0 radical (unpaired) electrons. The van der Waals surface area contributed by atoms with Crippen LogP contribution in [-0.2, 0) is 6.18 Å². The molecule has 1 aliphatic carbocycles. The lowest BCUT2D eigenvalue weighted by atomic mass is 10.0. The van der Waals surface area contributed by atoms with E-state index in [9.17, 15) is 13.2 Å². The maximum Gasteiger partial charge on any atom is 0.416 e. The molecule has 0 amide bonds. The van der Waals surface area contributed by atoms with Crippen LogP contribution >= 0.6 is 0 Å². The molecule has 2 fully saturated rings. The Morgan fingerprint density at radius 1 is 1.14 bits per heavy atom. The van der Waals surface area contributed by atoms with Crippen LogP contribution in [0, 0.1) is 6.92 Å². The van der Waals surface area contributed by atoms with Gasteiger partial charge in [0.05, 0.1) is 5.56 Å². The normalized spacial score (nSPS) is 23.4. The Morgan fingerprint density at radius 3 is 2.57 bits per heavy atom. The van der Waals surface area contributed by atoms with E-state index in [1.165, 1.54) is 25.8 Å². The van der Waals surface area contributed by atoms with Gasteiger partial charge < -0.3 is 10.2 Å². The summed E-state index contributed by atoms with van der Waals surface area (Å²) in [5.74, 6) is 0. The Bertz CT molecular complexity index is 509. The SMILES string of the molecule is Cc1ccc(N2CCCC(NC3CC3)C2)cc1C(F)(F)F. The molecule has 1 saturated heterocycles. The third-order valence-corrected chi connectivity index (χ3v) is 4.36. The molecule has 0 aromatic heterocycles. The van der Waals surface area contributed by atoms with Gasteiger partial charge in [0, 0.05) is 30.9 Å². The number of nitrogens with zero attached hydrogens (tertiary/aromatic N) is 1. The van der Waals surface area contributed by atoms with E-state index in [1.54, 1.807) is 6.07 Å². The first-order valence-electron chi connectivity index (χ1n) is 7.62. The van der Waals surface area contributed by atoms with E-state index in [-0.39, 0.29) is 5.56 Å². The summed E-state index contributed by atoms with van der Waals surface area (Å²) in [7, 11) is 0. The summed E-state index contributed by atoms with van der Waals surface area (Å²) >= 11 is 0. The lowest BCUT2D eigenvalue weighted by Crippen LogP contribution is -2.46. The van der Waals surface area contributed by atoms with Crippen molar-refractivity contribution in [3.05, 3.63) is 29.3 Å². The van der Waals surface area contributed by atoms with Crippen LogP contribution in [0.2, 0.25) is 0 Å². The largest absolute Gasteiger partial charge is 0.416 e. The quantitative estimate of drug-likeness (QED) is 0.914. The lowest BCUT2D eigenvalue weighted by molar-refractivity contribution is -0.138. The molecule has 1 saturated carbocycles. The number of benzene rings is 1. The average Bonchev–Trinajstić information content (AvgIpc) is 3.22. The van der Waals surface area contributed by atoms with E-state index < -0.39 is 11.7 Å². The number of hydrogen-bond acceptors (Lipinski definition) is 2. The van der Waals surface area contributed by atoms with Gasteiger partial charge in [0.2, 0.25) is 0 Å². The maximum absolute atomic E-state index is 13.0. The molecule has 0 bridgehead atoms. The van der Waals surface area contributed by atoms with Crippen LogP contribution in [0.25, 0.3) is 0 Å². The Hall–Kier alpha value is -1.23. The minimum atomic E-state index is -4.28. The van der Waals surface area contributed by atoms with Gasteiger partial charge in [-0.1, -0.05) is 6.07 Å². The van der Waals surface area contributed by atoms with E-state index in [0.29, 0.717) is 17.8 Å². The summed E-state index contributed by atoms with van der Waals surface area (Å²) in [4.78, 5) is 2.08. The van der Waals surface area contributed by atoms with E-state index in [2.05, 4.69) is 10.2 Å². The second kappa shape index (κ2) is 5.52. The number of halogens is 3. The summed E-state index contributed by atoms with van der Waals surface area (Å²) in [6, 6.07) is 5.73. The van der Waals surface area contributed by atoms with Crippen molar-refractivity contribution in [1.29, 1.82) is 0 Å². The van der Waals surface area contributed by atoms with Crippen LogP contribution < -0.4 is 10.2 Å². The summed E-state index contributed by atoms with van der Waals surface area (Å²) in [6.45, 7) is 3.15. The Morgan fingerprint density at radius 2 is 1.90 bits per heavy atom. The molecule has 5 heteroatoms. The minimum absolute atomic E-state index is 0.288. The smallest absolute Gasteiger partial charge is 0.370 e. The van der Waals surface area contributed by atoms with Gasteiger partial charge >= 0.3 is 6.18 Å². The minimum Gasteiger partial charge on any atom is -0.370 e. The Labute approximate surface area is 123 Å². The Kier molecular flexibility index (Phi) is 3.86. The van der Waals surface area contributed by atoms with Gasteiger partial charge in [-0.15, -0.1) is 0 Å². The molecule has 1 aromatic rings. The van der Waals surface area contributed by atoms with Crippen LogP contribution in [0.1, 0.15) is 36.8 Å². The van der Waals surface area contributed by atoms with Crippen molar-refractivity contribution in [1.82, 2.24) is 5.32 Å². The lowest BCUT2D eigenvalue weighted by Gasteiger charge is -2.35. The molecular weight excluding hydrogens is 277 g/mol. The first-order valence-corrected chi connectivity index (χ1v) is 7.62. The monoisotopic (exact) mass is 298 g/mol. The van der Waals surface area contributed by atoms with Gasteiger partial charge in [0.15, 0.2) is 0 Å². The van der Waals surface area contributed by atoms with Crippen molar-refractivity contribution >= 4 is 5.69 Å². The number of rotatable bonds is 3. The fourth-order valence-electron chi connectivity index (χ4n) is 3.04. The van der Waals surface area contributed by atoms with Gasteiger partial charge in [-0.3, -0.25) is 0 Å². The third-order valence-electron chi connectivity index (χ3n) is 4.36. The summed E-state index contributed by atoms with van der Waals surface area (Å²) in [6.07, 6.45) is 0.338. The second-order valence-electron chi connectivity index (χ2n) is 6.22. The van der Waals surface area contributed by atoms with Crippen molar-refractivity contribution < 1.29 is 13.2 Å². The van der Waals surface area contributed by atoms with E-state index in [1.807, 2.05) is 6.07 Å². The molecule has 1 N–H and O–H groups in total. The Balaban J connectivity index is 1.76. The zero-order valence-electron chi connectivity index (χ0n) is 12.2. The van der Waals surface area contributed by atoms with Crippen molar-refractivity contribution in [2.24, 2.45) is 0 Å². The zero-order valence-corrected chi connectivity index (χ0v) is 12.2. The summed E-state index contributed by atoms with van der Waals surface area (Å²) in [5.41, 5.74) is 0.461. The molecule has 21 heavy (non-hydrogen) atoms. The van der Waals surface area contributed by atoms with E-state index >= 15 is 0 Å². The standard InChI is InChI=1S/C16H21F3N2/c1-11-4-7-14(9-15(11)16(17,18)19)21-8-2-3-13(10-21)20-12-5-6-12/h4,7,9,12-13,20H,2-3,5-6,8,10H2,1H3. The molecule has 1 atom stereocenters. The molecule has 2 nitrogen and oxygen atoms in total. The number of anilines is 1. The van der Waals surface area contributed by atoms with Gasteiger partial charge in [-0.2, -0.15) is 13.2 Å². The fourth-order valence-corrected chi connectivity index (χ4v) is 3.04. The fraction of sp³-hybridized carbons (Fsp3) is 0.625. The molecule has 2 aliphatic rings. The second-order valence-corrected chi connectivity index (χ2v) is 6.22. The molecule has 1 heterocycles. The maximum atomic E-state index is 13.0. The number of nitrogens with one attached hydrogen (secondary N) is 1. The number of hydrogen-bond donors (Lipinski definition) is 1. The van der Waals surface area contributed by atoms with Gasteiger partial charge in [0.25, 0.3) is 0 Å². The highest BCUT2D eigenvalue weighted by atomic mass is 19.4. The van der Waals surface area contributed by atoms with Crippen molar-refractivity contribution in [3.8, 4) is 0 Å². The number of alkyl halides is 3. The average molecular weight is 298 g/mol. The van der Waals surface area contributed by atoms with E-state index in [0.717, 1.165) is 25.9 Å². The molecule has 0 spiro atoms. The van der Waals surface area contributed by atoms with Crippen LogP contribution in [0.3, 0.4) is 0 Å². The third kappa shape index (κ3) is 3.51. The van der Waals surface area contributed by atoms with Gasteiger partial charge in [0.1, 0.15) is 0 Å². The summed E-state index contributed by atoms with van der Waals surface area (Å²) in [5, 5.41) is 3.58. The van der Waals surface area contributed by atoms with Crippen LogP contribution in [0.5, 0.6) is 0 Å². The molecule has 3 rings (SSSR count). The van der Waals surface area contributed by atoms with Crippen LogP contribution in [0.4, 0.5) is 18.9 Å². The van der Waals surface area contributed by atoms with Crippen molar-refractivity contribution in [2.75, 3.05) is 18.0 Å². The number of piperidine rings is 1. The predicted octanol–water partition coefficient (Wildman–Crippen LogP) is 3.73. The van der Waals surface area contributed by atoms with Crippen molar-refractivity contribution in [2.45, 2.75) is 50.9 Å². The first-order chi connectivity index (χ1) is 9.93. The highest BCUT2D eigenvalue weighted by Gasteiger charge is 2.33. The van der Waals surface area contributed by atoms with Gasteiger partial charge in [-0.05, 0) is 50.3 Å². The van der Waals surface area contributed by atoms with Crippen LogP contribution in [-0.4, -0.2) is 25.2 Å². The highest BCUT2D eigenvalue weighted by molar-refractivity contribution is 5.52. The molecule has 1 aromatic carbocycles. The summed E-state index contributed by atoms with van der Waals surface area (Å²) < 4.78 is 39.1. The predicted molar refractivity (Wildman–Crippen MR) is 77.6 cm³/mol.